The van der Waals surface area contributed by atoms with Crippen LogP contribution in [0.25, 0.3) is 17.5 Å². The van der Waals surface area contributed by atoms with Crippen LogP contribution in [0.4, 0.5) is 5.82 Å². The van der Waals surface area contributed by atoms with Gasteiger partial charge in [-0.2, -0.15) is 0 Å². The third-order valence-electron chi connectivity index (χ3n) is 7.49. The van der Waals surface area contributed by atoms with Crippen molar-refractivity contribution in [3.8, 4) is 11.4 Å². The summed E-state index contributed by atoms with van der Waals surface area (Å²) in [7, 11) is -2.29. The van der Waals surface area contributed by atoms with Gasteiger partial charge in [-0.3, -0.25) is 14.1 Å². The SMILES string of the molecule is C=S(C)(=O)C1(c2cc(N3CCN(C(C)(C)C)C[C@H]3C)nc(-c3ccnc4c3C=CC4)n2)CC1. The van der Waals surface area contributed by atoms with E-state index in [-0.39, 0.29) is 5.54 Å². The molecule has 7 heteroatoms. The summed E-state index contributed by atoms with van der Waals surface area (Å²) in [6, 6.07) is 4.41. The number of aromatic nitrogens is 3. The van der Waals surface area contributed by atoms with Gasteiger partial charge in [0.2, 0.25) is 0 Å². The Labute approximate surface area is 198 Å². The van der Waals surface area contributed by atoms with Crippen LogP contribution in [0, 0.1) is 0 Å². The lowest BCUT2D eigenvalue weighted by molar-refractivity contribution is 0.112. The number of fused-ring (bicyclic) bond motifs is 1. The van der Waals surface area contributed by atoms with E-state index in [1.165, 1.54) is 0 Å². The number of hydrogen-bond acceptors (Lipinski definition) is 6. The second-order valence-corrected chi connectivity index (χ2v) is 13.7. The average molecular weight is 466 g/mol. The summed E-state index contributed by atoms with van der Waals surface area (Å²) in [5.41, 5.74) is 4.19. The molecule has 2 aromatic rings. The molecule has 2 fully saturated rings. The lowest BCUT2D eigenvalue weighted by atomic mass is 10.0. The molecule has 33 heavy (non-hydrogen) atoms. The summed E-state index contributed by atoms with van der Waals surface area (Å²) in [6.07, 6.45) is 10.4. The molecule has 6 nitrogen and oxygen atoms in total. The molecule has 2 atom stereocenters. The van der Waals surface area contributed by atoms with Gasteiger partial charge < -0.3 is 4.90 Å². The highest BCUT2D eigenvalue weighted by Gasteiger charge is 2.51. The fourth-order valence-electron chi connectivity index (χ4n) is 5.21. The summed E-state index contributed by atoms with van der Waals surface area (Å²) in [4.78, 5) is 19.6. The average Bonchev–Trinajstić information content (AvgIpc) is 3.44. The van der Waals surface area contributed by atoms with E-state index < -0.39 is 14.3 Å². The van der Waals surface area contributed by atoms with Crippen molar-refractivity contribution in [1.29, 1.82) is 0 Å². The van der Waals surface area contributed by atoms with E-state index in [2.05, 4.69) is 66.6 Å². The van der Waals surface area contributed by atoms with Crippen molar-refractivity contribution in [1.82, 2.24) is 19.9 Å². The molecule has 0 amide bonds. The number of nitrogens with zero attached hydrogens (tertiary/aromatic N) is 5. The van der Waals surface area contributed by atoms with Gasteiger partial charge in [-0.25, -0.2) is 9.97 Å². The van der Waals surface area contributed by atoms with E-state index in [9.17, 15) is 4.21 Å². The molecule has 5 rings (SSSR count). The predicted octanol–water partition coefficient (Wildman–Crippen LogP) is 3.75. The number of piperazine rings is 1. The first-order chi connectivity index (χ1) is 15.5. The Bertz CT molecular complexity index is 1220. The first kappa shape index (κ1) is 22.5. The molecule has 0 aromatic carbocycles. The molecule has 2 aliphatic carbocycles. The second-order valence-electron chi connectivity index (χ2n) is 10.9. The topological polar surface area (TPSA) is 62.2 Å². The second kappa shape index (κ2) is 7.64. The summed E-state index contributed by atoms with van der Waals surface area (Å²) < 4.78 is 12.8. The van der Waals surface area contributed by atoms with Gasteiger partial charge in [-0.1, -0.05) is 12.2 Å². The maximum absolute atomic E-state index is 13.2. The third-order valence-corrected chi connectivity index (χ3v) is 9.76. The summed E-state index contributed by atoms with van der Waals surface area (Å²) >= 11 is 0. The van der Waals surface area contributed by atoms with Crippen molar-refractivity contribution >= 4 is 27.3 Å². The lowest BCUT2D eigenvalue weighted by Crippen LogP contribution is -2.57. The zero-order valence-corrected chi connectivity index (χ0v) is 21.3. The number of pyridine rings is 1. The van der Waals surface area contributed by atoms with Gasteiger partial charge in [-0.15, -0.1) is 0 Å². The minimum Gasteiger partial charge on any atom is -0.351 e. The van der Waals surface area contributed by atoms with E-state index in [0.717, 1.165) is 67.2 Å². The Balaban J connectivity index is 1.61. The summed E-state index contributed by atoms with van der Waals surface area (Å²) in [5, 5.41) is 0. The van der Waals surface area contributed by atoms with Crippen molar-refractivity contribution in [3.63, 3.8) is 0 Å². The minimum absolute atomic E-state index is 0.145. The summed E-state index contributed by atoms with van der Waals surface area (Å²) in [5.74, 6) is 5.69. The van der Waals surface area contributed by atoms with Gasteiger partial charge >= 0.3 is 0 Å². The molecule has 2 aromatic heterocycles. The highest BCUT2D eigenvalue weighted by molar-refractivity contribution is 8.00. The molecule has 3 aliphatic rings. The van der Waals surface area contributed by atoms with Crippen LogP contribution in [0.15, 0.2) is 24.4 Å². The molecule has 1 saturated carbocycles. The fourth-order valence-corrected chi connectivity index (χ4v) is 6.73. The quantitative estimate of drug-likeness (QED) is 0.641. The van der Waals surface area contributed by atoms with E-state index in [0.29, 0.717) is 11.9 Å². The first-order valence-electron chi connectivity index (χ1n) is 11.9. The van der Waals surface area contributed by atoms with Gasteiger partial charge in [0.15, 0.2) is 5.82 Å². The van der Waals surface area contributed by atoms with E-state index in [1.807, 2.05) is 12.3 Å². The molecular formula is C26H35N5OS. The molecule has 0 bridgehead atoms. The Morgan fingerprint density at radius 1 is 1.21 bits per heavy atom. The van der Waals surface area contributed by atoms with Crippen molar-refractivity contribution in [2.24, 2.45) is 0 Å². The molecule has 1 aliphatic heterocycles. The minimum atomic E-state index is -2.29. The van der Waals surface area contributed by atoms with Crippen molar-refractivity contribution < 1.29 is 4.21 Å². The van der Waals surface area contributed by atoms with E-state index in [1.54, 1.807) is 6.26 Å². The van der Waals surface area contributed by atoms with Gasteiger partial charge in [0, 0.05) is 67.3 Å². The van der Waals surface area contributed by atoms with Crippen LogP contribution in [-0.4, -0.2) is 67.4 Å². The highest BCUT2D eigenvalue weighted by Crippen LogP contribution is 2.52. The molecule has 3 heterocycles. The summed E-state index contributed by atoms with van der Waals surface area (Å²) in [6.45, 7) is 12.0. The smallest absolute Gasteiger partial charge is 0.162 e. The van der Waals surface area contributed by atoms with Gasteiger partial charge in [0.1, 0.15) is 5.82 Å². The van der Waals surface area contributed by atoms with Crippen LogP contribution in [0.1, 0.15) is 57.5 Å². The monoisotopic (exact) mass is 465 g/mol. The number of anilines is 1. The Morgan fingerprint density at radius 3 is 2.61 bits per heavy atom. The molecule has 1 unspecified atom stereocenters. The molecule has 0 radical (unpaired) electrons. The molecule has 0 N–H and O–H groups in total. The highest BCUT2D eigenvalue weighted by atomic mass is 32.2. The largest absolute Gasteiger partial charge is 0.351 e. The molecular weight excluding hydrogens is 430 g/mol. The van der Waals surface area contributed by atoms with Crippen LogP contribution in [-0.2, 0) is 20.7 Å². The van der Waals surface area contributed by atoms with Crippen molar-refractivity contribution in [2.75, 3.05) is 30.8 Å². The van der Waals surface area contributed by atoms with E-state index in [4.69, 9.17) is 9.97 Å². The molecule has 0 spiro atoms. The standard InChI is InChI=1S/C26H35N5OS/c1-18-17-30(25(2,3)4)14-15-31(18)23-16-22(26(11-12-26)33(5,6)32)28-24(29-23)20-10-13-27-21-9-7-8-19(20)21/h7-8,10,13,16,18H,5,9,11-12,14-15,17H2,1-4,6H3/t18-,33?/m1/s1. The van der Waals surface area contributed by atoms with Crippen LogP contribution in [0.3, 0.4) is 0 Å². The number of allylic oxidation sites excluding steroid dienone is 1. The van der Waals surface area contributed by atoms with E-state index >= 15 is 0 Å². The maximum atomic E-state index is 13.2. The number of hydrogen-bond donors (Lipinski definition) is 0. The molecule has 176 valence electrons. The number of rotatable bonds is 4. The zero-order chi connectivity index (χ0) is 23.6. The fraction of sp³-hybridized carbons (Fsp3) is 0.538. The predicted molar refractivity (Wildman–Crippen MR) is 138 cm³/mol. The normalized spacial score (nSPS) is 23.9. The Morgan fingerprint density at radius 2 is 1.97 bits per heavy atom. The maximum Gasteiger partial charge on any atom is 0.162 e. The molecule has 1 saturated heterocycles. The Hall–Kier alpha value is -2.25. The lowest BCUT2D eigenvalue weighted by Gasteiger charge is -2.46. The van der Waals surface area contributed by atoms with Crippen LogP contribution < -0.4 is 4.90 Å². The first-order valence-corrected chi connectivity index (χ1v) is 14.0. The van der Waals surface area contributed by atoms with Gasteiger partial charge in [0.25, 0.3) is 0 Å². The third kappa shape index (κ3) is 3.89. The van der Waals surface area contributed by atoms with Crippen LogP contribution >= 0.6 is 0 Å². The zero-order valence-electron chi connectivity index (χ0n) is 20.5. The van der Waals surface area contributed by atoms with Gasteiger partial charge in [-0.05, 0) is 62.0 Å². The van der Waals surface area contributed by atoms with Crippen molar-refractivity contribution in [2.45, 2.75) is 63.3 Å². The Kier molecular flexibility index (Phi) is 5.21. The van der Waals surface area contributed by atoms with Crippen LogP contribution in [0.2, 0.25) is 0 Å². The van der Waals surface area contributed by atoms with Gasteiger partial charge in [0.05, 0.1) is 16.1 Å². The van der Waals surface area contributed by atoms with Crippen molar-refractivity contribution in [3.05, 3.63) is 41.4 Å². The van der Waals surface area contributed by atoms with Crippen LogP contribution in [0.5, 0.6) is 0 Å².